The molecule has 1 unspecified atom stereocenters. The van der Waals surface area contributed by atoms with Crippen molar-refractivity contribution in [1.82, 2.24) is 9.80 Å². The lowest BCUT2D eigenvalue weighted by Gasteiger charge is -2.48. The first kappa shape index (κ1) is 17.9. The number of nitrogens with zero attached hydrogens (tertiary/aromatic N) is 2. The number of rotatable bonds is 3. The molecule has 1 aliphatic rings. The van der Waals surface area contributed by atoms with Crippen LogP contribution in [0.15, 0.2) is 0 Å². The van der Waals surface area contributed by atoms with Gasteiger partial charge in [0.2, 0.25) is 0 Å². The summed E-state index contributed by atoms with van der Waals surface area (Å²) in [6.45, 7) is 21.7. The van der Waals surface area contributed by atoms with Crippen molar-refractivity contribution in [2.45, 2.75) is 85.9 Å². The third-order valence-corrected chi connectivity index (χ3v) is 3.76. The highest BCUT2D eigenvalue weighted by Gasteiger charge is 2.32. The molecule has 1 saturated heterocycles. The van der Waals surface area contributed by atoms with Crippen LogP contribution < -0.4 is 0 Å². The van der Waals surface area contributed by atoms with Gasteiger partial charge in [-0.2, -0.15) is 0 Å². The maximum Gasteiger partial charge on any atom is 0.0226 e. The SMILES string of the molecule is CC.CCCC1CN(C(C)(C)C)CCN1C(C)C. The van der Waals surface area contributed by atoms with Gasteiger partial charge in [-0.25, -0.2) is 0 Å². The highest BCUT2D eigenvalue weighted by atomic mass is 15.3. The summed E-state index contributed by atoms with van der Waals surface area (Å²) in [6.07, 6.45) is 2.64. The highest BCUT2D eigenvalue weighted by molar-refractivity contribution is 4.89. The highest BCUT2D eigenvalue weighted by Crippen LogP contribution is 2.23. The predicted octanol–water partition coefficient (Wildman–Crippen LogP) is 4.01. The van der Waals surface area contributed by atoms with Crippen molar-refractivity contribution in [3.63, 3.8) is 0 Å². The predicted molar refractivity (Wildman–Crippen MR) is 83.2 cm³/mol. The van der Waals surface area contributed by atoms with Crippen molar-refractivity contribution in [1.29, 1.82) is 0 Å². The van der Waals surface area contributed by atoms with Crippen molar-refractivity contribution in [3.05, 3.63) is 0 Å². The fraction of sp³-hybridized carbons (Fsp3) is 1.00. The largest absolute Gasteiger partial charge is 0.296 e. The molecular formula is C16H36N2. The molecule has 0 N–H and O–H groups in total. The molecule has 1 heterocycles. The van der Waals surface area contributed by atoms with Gasteiger partial charge < -0.3 is 0 Å². The molecule has 1 fully saturated rings. The lowest BCUT2D eigenvalue weighted by molar-refractivity contribution is 0.00375. The zero-order valence-electron chi connectivity index (χ0n) is 14.1. The van der Waals surface area contributed by atoms with Crippen molar-refractivity contribution in [2.75, 3.05) is 19.6 Å². The molecule has 1 rings (SSSR count). The number of hydrogen-bond donors (Lipinski definition) is 0. The van der Waals surface area contributed by atoms with Crippen molar-refractivity contribution >= 4 is 0 Å². The Morgan fingerprint density at radius 2 is 1.67 bits per heavy atom. The first-order valence-corrected chi connectivity index (χ1v) is 7.87. The smallest absolute Gasteiger partial charge is 0.0226 e. The van der Waals surface area contributed by atoms with Crippen LogP contribution in [0.3, 0.4) is 0 Å². The molecule has 0 amide bonds. The van der Waals surface area contributed by atoms with Crippen molar-refractivity contribution in [2.24, 2.45) is 0 Å². The average Bonchev–Trinajstić information content (AvgIpc) is 2.30. The summed E-state index contributed by atoms with van der Waals surface area (Å²) in [5.74, 6) is 0. The second-order valence-corrected chi connectivity index (χ2v) is 6.39. The Hall–Kier alpha value is -0.0800. The van der Waals surface area contributed by atoms with Gasteiger partial charge in [0, 0.05) is 37.3 Å². The number of piperazine rings is 1. The number of hydrogen-bond acceptors (Lipinski definition) is 2. The first-order valence-electron chi connectivity index (χ1n) is 7.87. The van der Waals surface area contributed by atoms with E-state index in [2.05, 4.69) is 51.3 Å². The van der Waals surface area contributed by atoms with E-state index < -0.39 is 0 Å². The second-order valence-electron chi connectivity index (χ2n) is 6.39. The molecule has 1 aliphatic heterocycles. The van der Waals surface area contributed by atoms with E-state index in [4.69, 9.17) is 0 Å². The molecule has 2 nitrogen and oxygen atoms in total. The summed E-state index contributed by atoms with van der Waals surface area (Å²) in [4.78, 5) is 5.33. The van der Waals surface area contributed by atoms with Crippen LogP contribution in [0, 0.1) is 0 Å². The van der Waals surface area contributed by atoms with Crippen LogP contribution in [-0.2, 0) is 0 Å². The Labute approximate surface area is 116 Å². The van der Waals surface area contributed by atoms with E-state index in [1.165, 1.54) is 32.5 Å². The lowest BCUT2D eigenvalue weighted by atomic mass is 9.99. The van der Waals surface area contributed by atoms with Gasteiger partial charge in [-0.1, -0.05) is 27.2 Å². The van der Waals surface area contributed by atoms with Gasteiger partial charge in [0.05, 0.1) is 0 Å². The fourth-order valence-corrected chi connectivity index (χ4v) is 2.75. The molecule has 1 atom stereocenters. The molecule has 0 radical (unpaired) electrons. The molecule has 0 aromatic carbocycles. The van der Waals surface area contributed by atoms with Crippen LogP contribution in [0.2, 0.25) is 0 Å². The van der Waals surface area contributed by atoms with Crippen LogP contribution in [0.25, 0.3) is 0 Å². The van der Waals surface area contributed by atoms with E-state index in [9.17, 15) is 0 Å². The van der Waals surface area contributed by atoms with Crippen LogP contribution in [0.4, 0.5) is 0 Å². The molecule has 2 heteroatoms. The molecular weight excluding hydrogens is 220 g/mol. The second kappa shape index (κ2) is 8.16. The summed E-state index contributed by atoms with van der Waals surface area (Å²) in [5, 5.41) is 0. The van der Waals surface area contributed by atoms with Gasteiger partial charge >= 0.3 is 0 Å². The Morgan fingerprint density at radius 1 is 1.11 bits per heavy atom. The van der Waals surface area contributed by atoms with Crippen LogP contribution in [0.5, 0.6) is 0 Å². The van der Waals surface area contributed by atoms with Crippen molar-refractivity contribution < 1.29 is 0 Å². The summed E-state index contributed by atoms with van der Waals surface area (Å²) < 4.78 is 0. The first-order chi connectivity index (χ1) is 8.36. The topological polar surface area (TPSA) is 6.48 Å². The van der Waals surface area contributed by atoms with Gasteiger partial charge in [0.1, 0.15) is 0 Å². The molecule has 110 valence electrons. The zero-order chi connectivity index (χ0) is 14.3. The minimum atomic E-state index is 0.328. The Kier molecular flexibility index (Phi) is 8.13. The van der Waals surface area contributed by atoms with E-state index in [0.717, 1.165) is 6.04 Å². The Morgan fingerprint density at radius 3 is 2.06 bits per heavy atom. The lowest BCUT2D eigenvalue weighted by Crippen LogP contribution is -2.59. The summed E-state index contributed by atoms with van der Waals surface area (Å²) in [7, 11) is 0. The quantitative estimate of drug-likeness (QED) is 0.753. The zero-order valence-corrected chi connectivity index (χ0v) is 14.1. The third-order valence-electron chi connectivity index (χ3n) is 3.76. The van der Waals surface area contributed by atoms with Gasteiger partial charge in [0.25, 0.3) is 0 Å². The van der Waals surface area contributed by atoms with Gasteiger partial charge in [-0.3, -0.25) is 9.80 Å². The fourth-order valence-electron chi connectivity index (χ4n) is 2.75. The van der Waals surface area contributed by atoms with Crippen LogP contribution >= 0.6 is 0 Å². The Balaban J connectivity index is 0.00000137. The molecule has 0 spiro atoms. The van der Waals surface area contributed by atoms with Crippen molar-refractivity contribution in [3.8, 4) is 0 Å². The summed E-state index contributed by atoms with van der Waals surface area (Å²) in [6, 6.07) is 1.46. The molecule has 0 aromatic rings. The van der Waals surface area contributed by atoms with Gasteiger partial charge in [0.15, 0.2) is 0 Å². The molecule has 0 bridgehead atoms. The normalized spacial score (nSPS) is 22.8. The summed E-state index contributed by atoms with van der Waals surface area (Å²) >= 11 is 0. The molecule has 0 aliphatic carbocycles. The maximum atomic E-state index is 2.69. The summed E-state index contributed by atoms with van der Waals surface area (Å²) in [5.41, 5.74) is 0.328. The van der Waals surface area contributed by atoms with Crippen LogP contribution in [-0.4, -0.2) is 47.1 Å². The van der Waals surface area contributed by atoms with Gasteiger partial charge in [-0.15, -0.1) is 0 Å². The molecule has 0 aromatic heterocycles. The van der Waals surface area contributed by atoms with E-state index in [1.807, 2.05) is 13.8 Å². The Bertz CT molecular complexity index is 206. The maximum absolute atomic E-state index is 2.69. The van der Waals surface area contributed by atoms with Gasteiger partial charge in [-0.05, 0) is 41.0 Å². The van der Waals surface area contributed by atoms with E-state index in [-0.39, 0.29) is 0 Å². The third kappa shape index (κ3) is 5.27. The van der Waals surface area contributed by atoms with E-state index in [0.29, 0.717) is 11.6 Å². The minimum absolute atomic E-state index is 0.328. The standard InChI is InChI=1S/C14H30N2.C2H6/c1-7-8-13-11-15(14(4,5)6)9-10-16(13)12(2)3;1-2/h12-13H,7-11H2,1-6H3;1-2H3. The molecule has 18 heavy (non-hydrogen) atoms. The average molecular weight is 256 g/mol. The van der Waals surface area contributed by atoms with E-state index in [1.54, 1.807) is 0 Å². The monoisotopic (exact) mass is 256 g/mol. The van der Waals surface area contributed by atoms with Crippen LogP contribution in [0.1, 0.15) is 68.2 Å². The molecule has 0 saturated carbocycles. The van der Waals surface area contributed by atoms with E-state index >= 15 is 0 Å². The minimum Gasteiger partial charge on any atom is -0.296 e.